The standard InChI is InChI=1S/C14H21ClN2O2/c1-10-13(19-11(2)16-10)14(18)17(9-8-15)12-6-4-3-5-7-12/h12H,3-9H2,1-2H3. The average molecular weight is 285 g/mol. The van der Waals surface area contributed by atoms with Crippen molar-refractivity contribution in [1.29, 1.82) is 0 Å². The molecule has 19 heavy (non-hydrogen) atoms. The number of hydrogen-bond acceptors (Lipinski definition) is 3. The Bertz CT molecular complexity index is 439. The molecule has 1 aromatic heterocycles. The summed E-state index contributed by atoms with van der Waals surface area (Å²) in [5, 5.41) is 0. The predicted molar refractivity (Wildman–Crippen MR) is 74.6 cm³/mol. The van der Waals surface area contributed by atoms with Crippen LogP contribution < -0.4 is 0 Å². The maximum atomic E-state index is 12.6. The van der Waals surface area contributed by atoms with Gasteiger partial charge in [0.2, 0.25) is 5.76 Å². The molecule has 0 unspecified atom stereocenters. The van der Waals surface area contributed by atoms with Crippen molar-refractivity contribution in [2.75, 3.05) is 12.4 Å². The van der Waals surface area contributed by atoms with Crippen molar-refractivity contribution < 1.29 is 9.21 Å². The first-order chi connectivity index (χ1) is 9.13. The fraction of sp³-hybridized carbons (Fsp3) is 0.714. The minimum Gasteiger partial charge on any atom is -0.436 e. The first-order valence-corrected chi connectivity index (χ1v) is 7.48. The van der Waals surface area contributed by atoms with Crippen LogP contribution in [0.4, 0.5) is 0 Å². The minimum atomic E-state index is -0.0642. The highest BCUT2D eigenvalue weighted by atomic mass is 35.5. The summed E-state index contributed by atoms with van der Waals surface area (Å²) in [5.74, 6) is 1.29. The Morgan fingerprint density at radius 1 is 1.37 bits per heavy atom. The summed E-state index contributed by atoms with van der Waals surface area (Å²) in [4.78, 5) is 18.6. The van der Waals surface area contributed by atoms with Gasteiger partial charge >= 0.3 is 0 Å². The monoisotopic (exact) mass is 284 g/mol. The molecule has 4 nitrogen and oxygen atoms in total. The van der Waals surface area contributed by atoms with Crippen LogP contribution in [0.3, 0.4) is 0 Å². The Hall–Kier alpha value is -1.03. The zero-order valence-corrected chi connectivity index (χ0v) is 12.4. The van der Waals surface area contributed by atoms with Crippen LogP contribution in [0.25, 0.3) is 0 Å². The molecule has 5 heteroatoms. The molecule has 0 atom stereocenters. The molecule has 0 bridgehead atoms. The lowest BCUT2D eigenvalue weighted by Crippen LogP contribution is -2.42. The Labute approximate surface area is 119 Å². The van der Waals surface area contributed by atoms with Gasteiger partial charge in [0.1, 0.15) is 0 Å². The maximum absolute atomic E-state index is 12.6. The van der Waals surface area contributed by atoms with Crippen molar-refractivity contribution in [1.82, 2.24) is 9.88 Å². The van der Waals surface area contributed by atoms with E-state index in [1.165, 1.54) is 19.3 Å². The van der Waals surface area contributed by atoms with Gasteiger partial charge < -0.3 is 9.32 Å². The van der Waals surface area contributed by atoms with E-state index in [1.807, 2.05) is 11.8 Å². The predicted octanol–water partition coefficient (Wildman–Crippen LogP) is 3.31. The van der Waals surface area contributed by atoms with Crippen LogP contribution in [0, 0.1) is 13.8 Å². The third kappa shape index (κ3) is 3.30. The number of nitrogens with zero attached hydrogens (tertiary/aromatic N) is 2. The van der Waals surface area contributed by atoms with Crippen molar-refractivity contribution in [3.05, 3.63) is 17.3 Å². The number of oxazole rings is 1. The Morgan fingerprint density at radius 2 is 2.05 bits per heavy atom. The fourth-order valence-electron chi connectivity index (χ4n) is 2.79. The van der Waals surface area contributed by atoms with E-state index in [-0.39, 0.29) is 5.91 Å². The van der Waals surface area contributed by atoms with Gasteiger partial charge in [0, 0.05) is 25.4 Å². The largest absolute Gasteiger partial charge is 0.436 e. The molecule has 1 aromatic rings. The van der Waals surface area contributed by atoms with Gasteiger partial charge in [-0.15, -0.1) is 11.6 Å². The minimum absolute atomic E-state index is 0.0642. The summed E-state index contributed by atoms with van der Waals surface area (Å²) < 4.78 is 5.45. The summed E-state index contributed by atoms with van der Waals surface area (Å²) in [5.41, 5.74) is 0.665. The smallest absolute Gasteiger partial charge is 0.291 e. The molecule has 0 radical (unpaired) electrons. The van der Waals surface area contributed by atoms with Gasteiger partial charge in [-0.2, -0.15) is 0 Å². The summed E-state index contributed by atoms with van der Waals surface area (Å²) in [6.45, 7) is 4.14. The summed E-state index contributed by atoms with van der Waals surface area (Å²) >= 11 is 5.85. The van der Waals surface area contributed by atoms with E-state index in [0.29, 0.717) is 35.8 Å². The van der Waals surface area contributed by atoms with Gasteiger partial charge in [-0.3, -0.25) is 4.79 Å². The Balaban J connectivity index is 2.17. The zero-order chi connectivity index (χ0) is 13.8. The van der Waals surface area contributed by atoms with Crippen molar-refractivity contribution in [2.24, 2.45) is 0 Å². The van der Waals surface area contributed by atoms with Crippen LogP contribution in [0.2, 0.25) is 0 Å². The molecule has 1 saturated carbocycles. The Kier molecular flexibility index (Phi) is 4.86. The number of rotatable bonds is 4. The number of hydrogen-bond donors (Lipinski definition) is 0. The second kappa shape index (κ2) is 6.42. The molecule has 0 spiro atoms. The number of alkyl halides is 1. The molecule has 0 aliphatic heterocycles. The summed E-state index contributed by atoms with van der Waals surface area (Å²) in [6.07, 6.45) is 5.76. The molecule has 106 valence electrons. The lowest BCUT2D eigenvalue weighted by molar-refractivity contribution is 0.0615. The molecule has 1 heterocycles. The first-order valence-electron chi connectivity index (χ1n) is 6.94. The van der Waals surface area contributed by atoms with E-state index >= 15 is 0 Å². The molecule has 0 N–H and O–H groups in total. The maximum Gasteiger partial charge on any atom is 0.291 e. The van der Waals surface area contributed by atoms with Crippen LogP contribution >= 0.6 is 11.6 Å². The number of aromatic nitrogens is 1. The third-order valence-electron chi connectivity index (χ3n) is 3.70. The number of halogens is 1. The van der Waals surface area contributed by atoms with E-state index in [0.717, 1.165) is 12.8 Å². The van der Waals surface area contributed by atoms with Gasteiger partial charge in [-0.1, -0.05) is 19.3 Å². The van der Waals surface area contributed by atoms with Crippen LogP contribution in [0.1, 0.15) is 54.2 Å². The summed E-state index contributed by atoms with van der Waals surface area (Å²) in [7, 11) is 0. The second-order valence-electron chi connectivity index (χ2n) is 5.13. The lowest BCUT2D eigenvalue weighted by atomic mass is 9.94. The van der Waals surface area contributed by atoms with Crippen LogP contribution in [0.5, 0.6) is 0 Å². The molecule has 1 amide bonds. The molecule has 1 aliphatic rings. The number of amides is 1. The second-order valence-corrected chi connectivity index (χ2v) is 5.50. The quantitative estimate of drug-likeness (QED) is 0.797. The van der Waals surface area contributed by atoms with E-state index in [9.17, 15) is 4.79 Å². The number of aryl methyl sites for hydroxylation is 2. The molecular formula is C14H21ClN2O2. The summed E-state index contributed by atoms with van der Waals surface area (Å²) in [6, 6.07) is 0.296. The van der Waals surface area contributed by atoms with Crippen molar-refractivity contribution >= 4 is 17.5 Å². The van der Waals surface area contributed by atoms with Gasteiger partial charge in [-0.25, -0.2) is 4.98 Å². The zero-order valence-electron chi connectivity index (χ0n) is 11.6. The van der Waals surface area contributed by atoms with E-state index in [2.05, 4.69) is 4.98 Å². The van der Waals surface area contributed by atoms with Crippen molar-refractivity contribution in [2.45, 2.75) is 52.0 Å². The van der Waals surface area contributed by atoms with Gasteiger partial charge in [-0.05, 0) is 19.8 Å². The molecule has 2 rings (SSSR count). The highest BCUT2D eigenvalue weighted by molar-refractivity contribution is 6.18. The van der Waals surface area contributed by atoms with Gasteiger partial charge in [0.15, 0.2) is 5.89 Å². The van der Waals surface area contributed by atoms with E-state index in [1.54, 1.807) is 6.92 Å². The van der Waals surface area contributed by atoms with E-state index < -0.39 is 0 Å². The fourth-order valence-corrected chi connectivity index (χ4v) is 2.98. The van der Waals surface area contributed by atoms with E-state index in [4.69, 9.17) is 16.0 Å². The molecular weight excluding hydrogens is 264 g/mol. The van der Waals surface area contributed by atoms with Crippen molar-refractivity contribution in [3.8, 4) is 0 Å². The third-order valence-corrected chi connectivity index (χ3v) is 3.87. The molecule has 0 aromatic carbocycles. The lowest BCUT2D eigenvalue weighted by Gasteiger charge is -2.33. The van der Waals surface area contributed by atoms with Crippen LogP contribution in [0.15, 0.2) is 4.42 Å². The van der Waals surface area contributed by atoms with Gasteiger partial charge in [0.25, 0.3) is 5.91 Å². The first kappa shape index (κ1) is 14.4. The normalized spacial score (nSPS) is 16.6. The Morgan fingerprint density at radius 3 is 2.58 bits per heavy atom. The van der Waals surface area contributed by atoms with Crippen molar-refractivity contribution in [3.63, 3.8) is 0 Å². The highest BCUT2D eigenvalue weighted by Gasteiger charge is 2.29. The van der Waals surface area contributed by atoms with Crippen LogP contribution in [-0.2, 0) is 0 Å². The number of carbonyl (C=O) groups excluding carboxylic acids is 1. The highest BCUT2D eigenvalue weighted by Crippen LogP contribution is 2.25. The topological polar surface area (TPSA) is 46.3 Å². The SMILES string of the molecule is Cc1nc(C)c(C(=O)N(CCCl)C2CCCCC2)o1. The molecule has 1 aliphatic carbocycles. The van der Waals surface area contributed by atoms with Gasteiger partial charge in [0.05, 0.1) is 5.69 Å². The molecule has 1 fully saturated rings. The molecule has 0 saturated heterocycles. The number of carbonyl (C=O) groups is 1. The van der Waals surface area contributed by atoms with Crippen LogP contribution in [-0.4, -0.2) is 34.3 Å². The average Bonchev–Trinajstić information content (AvgIpc) is 2.75.